The predicted octanol–water partition coefficient (Wildman–Crippen LogP) is 4.79. The van der Waals surface area contributed by atoms with Gasteiger partial charge in [0.2, 0.25) is 0 Å². The zero-order chi connectivity index (χ0) is 14.0. The van der Waals surface area contributed by atoms with Crippen LogP contribution >= 0.6 is 34.8 Å². The molecule has 2 nitrogen and oxygen atoms in total. The van der Waals surface area contributed by atoms with Crippen molar-refractivity contribution in [3.8, 4) is 0 Å². The van der Waals surface area contributed by atoms with Crippen molar-refractivity contribution in [2.75, 3.05) is 25.5 Å². The molecule has 0 spiro atoms. The van der Waals surface area contributed by atoms with Crippen LogP contribution in [-0.2, 0) is 0 Å². The van der Waals surface area contributed by atoms with Gasteiger partial charge in [-0.2, -0.15) is 0 Å². The van der Waals surface area contributed by atoms with Gasteiger partial charge in [-0.05, 0) is 51.4 Å². The number of halogens is 3. The Morgan fingerprint density at radius 3 is 2.47 bits per heavy atom. The van der Waals surface area contributed by atoms with Crippen LogP contribution < -0.4 is 5.32 Å². The fourth-order valence-corrected chi connectivity index (χ4v) is 3.57. The van der Waals surface area contributed by atoms with E-state index >= 15 is 0 Å². The molecule has 0 radical (unpaired) electrons. The predicted molar refractivity (Wildman–Crippen MR) is 84.8 cm³/mol. The van der Waals surface area contributed by atoms with Gasteiger partial charge in [-0.1, -0.05) is 34.8 Å². The fraction of sp³-hybridized carbons (Fsp3) is 0.571. The Hall–Kier alpha value is -0.150. The summed E-state index contributed by atoms with van der Waals surface area (Å²) in [6.07, 6.45) is 2.48. The third kappa shape index (κ3) is 3.91. The van der Waals surface area contributed by atoms with E-state index in [0.717, 1.165) is 12.2 Å². The first-order valence-electron chi connectivity index (χ1n) is 6.57. The number of hydrogen-bond acceptors (Lipinski definition) is 2. The van der Waals surface area contributed by atoms with Crippen LogP contribution in [0.3, 0.4) is 0 Å². The monoisotopic (exact) mass is 320 g/mol. The van der Waals surface area contributed by atoms with Crippen LogP contribution in [0.25, 0.3) is 0 Å². The lowest BCUT2D eigenvalue weighted by Crippen LogP contribution is -2.39. The maximum Gasteiger partial charge on any atom is 0.0722 e. The number of likely N-dealkylation sites (tertiary alicyclic amines) is 1. The normalized spacial score (nSPS) is 22.3. The summed E-state index contributed by atoms with van der Waals surface area (Å²) in [6.45, 7) is 4.48. The van der Waals surface area contributed by atoms with E-state index < -0.39 is 0 Å². The second kappa shape index (κ2) is 6.53. The summed E-state index contributed by atoms with van der Waals surface area (Å²) in [6, 6.07) is 3.77. The molecule has 1 saturated heterocycles. The van der Waals surface area contributed by atoms with Crippen LogP contribution in [0.5, 0.6) is 0 Å². The number of nitrogens with one attached hydrogen (secondary N) is 1. The molecule has 1 aromatic rings. The minimum absolute atomic E-state index is 0.332. The quantitative estimate of drug-likeness (QED) is 0.861. The topological polar surface area (TPSA) is 15.3 Å². The van der Waals surface area contributed by atoms with Crippen molar-refractivity contribution in [1.82, 2.24) is 4.90 Å². The molecule has 1 fully saturated rings. The van der Waals surface area contributed by atoms with E-state index in [0.29, 0.717) is 27.0 Å². The standard InChI is InChI=1S/C14H19Cl3N2/c1-9(10-4-3-5-19(2)8-10)18-14-12(16)6-11(15)7-13(14)17/h6-7,9-10,18H,3-5,8H2,1-2H3. The van der Waals surface area contributed by atoms with Crippen molar-refractivity contribution in [1.29, 1.82) is 0 Å². The van der Waals surface area contributed by atoms with E-state index in [2.05, 4.69) is 24.2 Å². The highest BCUT2D eigenvalue weighted by Gasteiger charge is 2.23. The molecule has 2 unspecified atom stereocenters. The Morgan fingerprint density at radius 2 is 1.89 bits per heavy atom. The van der Waals surface area contributed by atoms with Crippen molar-refractivity contribution < 1.29 is 0 Å². The van der Waals surface area contributed by atoms with E-state index in [1.165, 1.54) is 19.4 Å². The average Bonchev–Trinajstić information content (AvgIpc) is 2.33. The molecule has 1 N–H and O–H groups in total. The van der Waals surface area contributed by atoms with E-state index in [1.807, 2.05) is 0 Å². The van der Waals surface area contributed by atoms with Crippen LogP contribution in [0, 0.1) is 5.92 Å². The molecule has 2 rings (SSSR count). The first-order valence-corrected chi connectivity index (χ1v) is 7.70. The Bertz CT molecular complexity index is 427. The molecule has 2 atom stereocenters. The molecular weight excluding hydrogens is 303 g/mol. The summed E-state index contributed by atoms with van der Waals surface area (Å²) in [7, 11) is 2.17. The SMILES string of the molecule is CC(Nc1c(Cl)cc(Cl)cc1Cl)C1CCCN(C)C1. The molecule has 106 valence electrons. The van der Waals surface area contributed by atoms with Crippen molar-refractivity contribution >= 4 is 40.5 Å². The molecule has 0 aliphatic carbocycles. The number of piperidine rings is 1. The largest absolute Gasteiger partial charge is 0.380 e. The van der Waals surface area contributed by atoms with Crippen LogP contribution in [-0.4, -0.2) is 31.1 Å². The molecule has 1 aliphatic heterocycles. The molecule has 0 amide bonds. The zero-order valence-corrected chi connectivity index (χ0v) is 13.5. The van der Waals surface area contributed by atoms with Crippen LogP contribution in [0.15, 0.2) is 12.1 Å². The molecular formula is C14H19Cl3N2. The summed E-state index contributed by atoms with van der Waals surface area (Å²) < 4.78 is 0. The lowest BCUT2D eigenvalue weighted by atomic mass is 9.92. The van der Waals surface area contributed by atoms with Gasteiger partial charge in [-0.15, -0.1) is 0 Å². The van der Waals surface area contributed by atoms with Gasteiger partial charge in [-0.25, -0.2) is 0 Å². The first kappa shape index (κ1) is 15.2. The lowest BCUT2D eigenvalue weighted by Gasteiger charge is -2.34. The molecule has 1 heterocycles. The smallest absolute Gasteiger partial charge is 0.0722 e. The van der Waals surface area contributed by atoms with Gasteiger partial charge in [0.15, 0.2) is 0 Å². The summed E-state index contributed by atoms with van der Waals surface area (Å²) in [4.78, 5) is 2.37. The third-order valence-corrected chi connectivity index (χ3v) is 4.56. The minimum Gasteiger partial charge on any atom is -0.380 e. The molecule has 5 heteroatoms. The van der Waals surface area contributed by atoms with Crippen molar-refractivity contribution in [2.45, 2.75) is 25.8 Å². The van der Waals surface area contributed by atoms with Gasteiger partial charge < -0.3 is 10.2 Å². The number of anilines is 1. The summed E-state index contributed by atoms with van der Waals surface area (Å²) >= 11 is 18.3. The van der Waals surface area contributed by atoms with Gasteiger partial charge in [0.05, 0.1) is 15.7 Å². The van der Waals surface area contributed by atoms with Gasteiger partial charge >= 0.3 is 0 Å². The van der Waals surface area contributed by atoms with E-state index in [-0.39, 0.29) is 0 Å². The molecule has 0 aromatic heterocycles. The second-order valence-electron chi connectivity index (χ2n) is 5.34. The van der Waals surface area contributed by atoms with E-state index in [4.69, 9.17) is 34.8 Å². The molecule has 0 saturated carbocycles. The maximum absolute atomic E-state index is 6.20. The number of benzene rings is 1. The summed E-state index contributed by atoms with van der Waals surface area (Å²) in [5.74, 6) is 0.613. The number of hydrogen-bond donors (Lipinski definition) is 1. The van der Waals surface area contributed by atoms with E-state index in [1.54, 1.807) is 12.1 Å². The van der Waals surface area contributed by atoms with Crippen LogP contribution in [0.4, 0.5) is 5.69 Å². The maximum atomic E-state index is 6.20. The fourth-order valence-electron chi connectivity index (χ4n) is 2.64. The Labute approximate surface area is 130 Å². The Kier molecular flexibility index (Phi) is 5.24. The second-order valence-corrected chi connectivity index (χ2v) is 6.59. The molecule has 1 aliphatic rings. The first-order chi connectivity index (χ1) is 8.97. The van der Waals surface area contributed by atoms with Gasteiger partial charge in [-0.3, -0.25) is 0 Å². The van der Waals surface area contributed by atoms with Gasteiger partial charge in [0.25, 0.3) is 0 Å². The molecule has 1 aromatic carbocycles. The van der Waals surface area contributed by atoms with E-state index in [9.17, 15) is 0 Å². The minimum atomic E-state index is 0.332. The van der Waals surface area contributed by atoms with Gasteiger partial charge in [0, 0.05) is 17.6 Å². The summed E-state index contributed by atoms with van der Waals surface area (Å²) in [5.41, 5.74) is 0.786. The lowest BCUT2D eigenvalue weighted by molar-refractivity contribution is 0.197. The van der Waals surface area contributed by atoms with Crippen LogP contribution in [0.1, 0.15) is 19.8 Å². The third-order valence-electron chi connectivity index (χ3n) is 3.75. The van der Waals surface area contributed by atoms with Crippen molar-refractivity contribution in [2.24, 2.45) is 5.92 Å². The number of nitrogens with zero attached hydrogens (tertiary/aromatic N) is 1. The zero-order valence-electron chi connectivity index (χ0n) is 11.2. The molecule has 0 bridgehead atoms. The Morgan fingerprint density at radius 1 is 1.26 bits per heavy atom. The van der Waals surface area contributed by atoms with Crippen LogP contribution in [0.2, 0.25) is 15.1 Å². The highest BCUT2D eigenvalue weighted by atomic mass is 35.5. The van der Waals surface area contributed by atoms with Gasteiger partial charge in [0.1, 0.15) is 0 Å². The highest BCUT2D eigenvalue weighted by molar-refractivity contribution is 6.41. The van der Waals surface area contributed by atoms with Crippen molar-refractivity contribution in [3.63, 3.8) is 0 Å². The highest BCUT2D eigenvalue weighted by Crippen LogP contribution is 2.35. The summed E-state index contributed by atoms with van der Waals surface area (Å²) in [5, 5.41) is 5.16. The average molecular weight is 322 g/mol. The van der Waals surface area contributed by atoms with Crippen molar-refractivity contribution in [3.05, 3.63) is 27.2 Å². The molecule has 19 heavy (non-hydrogen) atoms. The Balaban J connectivity index is 2.08. The number of rotatable bonds is 3.